The summed E-state index contributed by atoms with van der Waals surface area (Å²) in [5.41, 5.74) is 10.9. The molecule has 0 saturated carbocycles. The fraction of sp³-hybridized carbons (Fsp3) is 0.247. The third kappa shape index (κ3) is 24.8. The van der Waals surface area contributed by atoms with E-state index in [1.165, 1.54) is 37.6 Å². The number of para-hydroxylation sites is 2. The number of aromatic nitrogens is 15. The summed E-state index contributed by atoms with van der Waals surface area (Å²) < 4.78 is 89.4. The van der Waals surface area contributed by atoms with Crippen LogP contribution in [0.5, 0.6) is 0 Å². The standard InChI is InChI=1S/C25H25N7O3S.C24H27N9O4S.C23H26ClN7O4S.C21H25N9O4S/c1-25(2,3)20-13-21(28-22(33)27-17-6-9-19-16(12-17)10-11-26-19)32(30-20)18-7-4-15(5-8-18)14-31-23(34)29-24(35)36-31;1-24(2,3)19-13-20(27-22(34)28-21-25-17-7-5-6-8-18(17)26-21)33(29-19)16-11-9-15(10-12-16)14-32-31(4)23(35)30-38(32,36)37;1-23(2,3)19-13-20(26-21(32)25-17-9-7-16(24)8-10-17)31(27-19)18-11-5-15(6-12-18)14-30-29(4)22(33)28-36(30,34)35;1-21(2,3)16-11-18(25-19(31)24-17-9-10-22-13-23-17)30(26-16)15-7-5-14(6-8-15)12-29-28(4)20(32)27-35(29,33)34/h4-13,26H,14H2,1-3H3,(H2,27,28,33)(H,29,34,35);5-13H,14H2,1-4H3,(H,30,35)(H3,25,26,27,28,34);5-13H,14H2,1-4H3,(H,28,33)(H2,25,26,32);5-11,13H,12H2,1-4H3,(H,27,32)(H2,22,23,24,25,31). The van der Waals surface area contributed by atoms with Gasteiger partial charge in [-0.25, -0.2) is 105 Å². The molecule has 0 spiro atoms. The molecule has 0 unspecified atom stereocenters. The Balaban J connectivity index is 0.000000145. The van der Waals surface area contributed by atoms with Gasteiger partial charge in [0, 0.05) is 118 Å². The van der Waals surface area contributed by atoms with E-state index in [2.05, 4.69) is 103 Å². The molecular formula is C93H103ClN32O15S4. The summed E-state index contributed by atoms with van der Waals surface area (Å²) in [7, 11) is -7.67. The monoisotopic (exact) mass is 2070 g/mol. The second-order valence-electron chi connectivity index (χ2n) is 37.4. The van der Waals surface area contributed by atoms with Crippen molar-refractivity contribution in [1.82, 2.24) is 115 Å². The number of fused-ring (bicyclic) bond motifs is 2. The van der Waals surface area contributed by atoms with Gasteiger partial charge in [-0.1, -0.05) is 169 Å². The Morgan fingerprint density at radius 3 is 1.11 bits per heavy atom. The van der Waals surface area contributed by atoms with Crippen molar-refractivity contribution >= 4 is 164 Å². The van der Waals surface area contributed by atoms with Crippen LogP contribution in [0.25, 0.3) is 44.7 Å². The molecule has 15 aromatic rings. The number of amides is 14. The Labute approximate surface area is 839 Å². The van der Waals surface area contributed by atoms with E-state index in [4.69, 9.17) is 21.8 Å². The van der Waals surface area contributed by atoms with E-state index < -0.39 is 72.5 Å². The van der Waals surface area contributed by atoms with Crippen molar-refractivity contribution in [2.24, 2.45) is 0 Å². The molecule has 0 aliphatic carbocycles. The zero-order valence-electron chi connectivity index (χ0n) is 80.8. The highest BCUT2D eigenvalue weighted by molar-refractivity contribution is 7.88. The van der Waals surface area contributed by atoms with E-state index in [1.54, 1.807) is 140 Å². The molecule has 18 rings (SSSR count). The molecule has 11 heterocycles. The number of urea groups is 7. The van der Waals surface area contributed by atoms with Crippen LogP contribution in [0.2, 0.25) is 5.02 Å². The lowest BCUT2D eigenvalue weighted by Gasteiger charge is -2.20. The maximum Gasteiger partial charge on any atom is 0.347 e. The third-order valence-corrected chi connectivity index (χ3v) is 27.4. The first-order valence-corrected chi connectivity index (χ1v) is 50.0. The number of aromatic amines is 3. The minimum Gasteiger partial charge on any atom is -0.361 e. The molecule has 14 amide bonds. The number of anilines is 8. The lowest BCUT2D eigenvalue weighted by molar-refractivity contribution is 0.132. The number of imidazole rings is 1. The maximum atomic E-state index is 12.9. The van der Waals surface area contributed by atoms with Crippen LogP contribution in [0.1, 0.15) is 128 Å². The number of rotatable bonds is 20. The van der Waals surface area contributed by atoms with E-state index in [-0.39, 0.29) is 58.7 Å². The lowest BCUT2D eigenvalue weighted by Crippen LogP contribution is -2.36. The minimum absolute atomic E-state index is 0.0290. The highest BCUT2D eigenvalue weighted by Gasteiger charge is 2.42. The van der Waals surface area contributed by atoms with Gasteiger partial charge in [0.15, 0.2) is 0 Å². The number of carbonyl (C=O) groups excluding carboxylic acids is 7. The van der Waals surface area contributed by atoms with Crippen molar-refractivity contribution in [1.29, 1.82) is 0 Å². The zero-order chi connectivity index (χ0) is 104. The van der Waals surface area contributed by atoms with E-state index in [0.717, 1.165) is 95.8 Å². The summed E-state index contributed by atoms with van der Waals surface area (Å²) in [6, 6.07) is 55.0. The summed E-state index contributed by atoms with van der Waals surface area (Å²) >= 11 is 6.75. The second-order valence-corrected chi connectivity index (χ2v) is 43.5. The highest BCUT2D eigenvalue weighted by Crippen LogP contribution is 2.35. The van der Waals surface area contributed by atoms with Gasteiger partial charge in [0.1, 0.15) is 35.4 Å². The fourth-order valence-corrected chi connectivity index (χ4v) is 18.6. The Kier molecular flexibility index (Phi) is 29.3. The van der Waals surface area contributed by atoms with Crippen molar-refractivity contribution in [3.05, 3.63) is 289 Å². The summed E-state index contributed by atoms with van der Waals surface area (Å²) in [6.07, 6.45) is 4.70. The van der Waals surface area contributed by atoms with Crippen molar-refractivity contribution in [2.75, 3.05) is 63.7 Å². The Bertz CT molecular complexity index is 7860. The Hall–Kier alpha value is -16.5. The molecule has 756 valence electrons. The van der Waals surface area contributed by atoms with Crippen molar-refractivity contribution in [2.45, 2.75) is 131 Å². The lowest BCUT2D eigenvalue weighted by atomic mass is 9.92. The van der Waals surface area contributed by atoms with Gasteiger partial charge in [-0.3, -0.25) is 41.7 Å². The minimum atomic E-state index is -3.93. The van der Waals surface area contributed by atoms with E-state index >= 15 is 0 Å². The van der Waals surface area contributed by atoms with Crippen LogP contribution >= 0.6 is 23.1 Å². The van der Waals surface area contributed by atoms with Crippen LogP contribution in [0, 0.1) is 0 Å². The first kappa shape index (κ1) is 103. The molecule has 0 atom stereocenters. The summed E-state index contributed by atoms with van der Waals surface area (Å²) in [6.45, 7) is 24.5. The van der Waals surface area contributed by atoms with Crippen LogP contribution in [-0.2, 0) is 78.5 Å². The van der Waals surface area contributed by atoms with Gasteiger partial charge >= 0.3 is 83.4 Å². The number of hydrogen-bond acceptors (Lipinski definition) is 23. The van der Waals surface area contributed by atoms with Crippen LogP contribution in [0.15, 0.2) is 229 Å². The van der Waals surface area contributed by atoms with Gasteiger partial charge in [-0.15, -0.1) is 0 Å². The quantitative estimate of drug-likeness (QED) is 0.0337. The van der Waals surface area contributed by atoms with Crippen LogP contribution in [0.3, 0.4) is 0 Å². The van der Waals surface area contributed by atoms with Crippen molar-refractivity contribution in [3.63, 3.8) is 0 Å². The molecule has 0 radical (unpaired) electrons. The molecule has 3 aliphatic heterocycles. The zero-order valence-corrected chi connectivity index (χ0v) is 84.8. The number of H-pyrrole nitrogens is 3. The van der Waals surface area contributed by atoms with Crippen molar-refractivity contribution in [3.8, 4) is 22.7 Å². The summed E-state index contributed by atoms with van der Waals surface area (Å²) in [4.78, 5) is 129. The SMILES string of the molecule is CC(C)(C)c1cc(NC(=O)Nc2ccc3[nH]ccc3c2)n(-c2ccc(Cn3sc(=O)[nH]c3=O)cc2)n1.CN1C(=O)NS(=O)(=O)N1Cc1ccc(-n2nc(C(C)(C)C)cc2NC(=O)Nc2ccc(Cl)cc2)cc1.CN1C(=O)NS(=O)(=O)N1Cc1ccc(-n2nc(C(C)(C)C)cc2NC(=O)Nc2ccncn2)cc1.CN1C(=O)NS(=O)(=O)N1Cc1ccc(-n2nc(C(C)(C)C)cc2NC(=O)Nc2nc3ccccc3[nH]2)cc1. The van der Waals surface area contributed by atoms with Gasteiger partial charge in [0.2, 0.25) is 5.95 Å². The van der Waals surface area contributed by atoms with Gasteiger partial charge in [0.05, 0.1) is 82.7 Å². The molecule has 3 saturated heterocycles. The molecule has 145 heavy (non-hydrogen) atoms. The summed E-state index contributed by atoms with van der Waals surface area (Å²) in [5.74, 6) is 2.51. The highest BCUT2D eigenvalue weighted by atomic mass is 35.5. The van der Waals surface area contributed by atoms with Gasteiger partial charge in [0.25, 0.3) is 0 Å². The smallest absolute Gasteiger partial charge is 0.347 e. The number of hydrazine groups is 3. The molecule has 3 aliphatic rings. The number of carbonyl (C=O) groups is 7. The molecule has 14 N–H and O–H groups in total. The van der Waals surface area contributed by atoms with Crippen LogP contribution in [-0.4, -0.2) is 190 Å². The normalized spacial score (nSPS) is 14.6. The van der Waals surface area contributed by atoms with Crippen LogP contribution < -0.4 is 67.3 Å². The average Bonchev–Trinajstić information content (AvgIpc) is 2.10. The molecular weight excluding hydrogens is 1970 g/mol. The number of nitrogens with one attached hydrogen (secondary N) is 14. The molecule has 7 aromatic carbocycles. The largest absolute Gasteiger partial charge is 0.361 e. The van der Waals surface area contributed by atoms with Crippen molar-refractivity contribution < 1.29 is 58.8 Å². The molecule has 47 nitrogen and oxygen atoms in total. The van der Waals surface area contributed by atoms with E-state index in [1.807, 2.05) is 162 Å². The van der Waals surface area contributed by atoms with Crippen LogP contribution in [0.4, 0.5) is 80.0 Å². The number of nitrogens with zero attached hydrogens (tertiary/aromatic N) is 18. The van der Waals surface area contributed by atoms with Gasteiger partial charge in [-0.05, 0) is 138 Å². The van der Waals surface area contributed by atoms with Gasteiger partial charge < -0.3 is 20.6 Å². The fourth-order valence-electron chi connectivity index (χ4n) is 14.3. The summed E-state index contributed by atoms with van der Waals surface area (Å²) in [5, 5.41) is 45.8. The van der Waals surface area contributed by atoms with E-state index in [0.29, 0.717) is 85.2 Å². The number of hydrogen-bond donors (Lipinski definition) is 14. The molecule has 52 heteroatoms. The molecule has 8 aromatic heterocycles. The Morgan fingerprint density at radius 2 is 0.759 bits per heavy atom. The number of benzene rings is 7. The molecule has 3 fully saturated rings. The van der Waals surface area contributed by atoms with Gasteiger partial charge in [-0.2, -0.15) is 45.6 Å². The first-order valence-electron chi connectivity index (χ1n) is 44.5. The molecule has 0 bridgehead atoms. The predicted molar refractivity (Wildman–Crippen MR) is 548 cm³/mol. The third-order valence-electron chi connectivity index (χ3n) is 22.2. The average molecular weight is 2070 g/mol. The van der Waals surface area contributed by atoms with E-state index in [9.17, 15) is 68.4 Å². The second kappa shape index (κ2) is 41.2. The maximum absolute atomic E-state index is 12.9. The predicted octanol–water partition coefficient (Wildman–Crippen LogP) is 13.9. The number of halogens is 1. The first-order chi connectivity index (χ1) is 68.3. The Morgan fingerprint density at radius 1 is 0.393 bits per heavy atom. The topological polar surface area (TPSA) is 570 Å².